The summed E-state index contributed by atoms with van der Waals surface area (Å²) in [6.45, 7) is 2.85. The molecule has 4 nitrogen and oxygen atoms in total. The van der Waals surface area contributed by atoms with E-state index in [0.717, 1.165) is 43.0 Å². The second-order valence-electron chi connectivity index (χ2n) is 7.56. The first-order valence-corrected chi connectivity index (χ1v) is 10.3. The summed E-state index contributed by atoms with van der Waals surface area (Å²) in [4.78, 5) is 13.7. The quantitative estimate of drug-likeness (QED) is 0.696. The molecule has 1 unspecified atom stereocenters. The zero-order chi connectivity index (χ0) is 19.8. The molecule has 0 fully saturated rings. The molecule has 4 heteroatoms. The Balaban J connectivity index is 1.70. The van der Waals surface area contributed by atoms with Crippen LogP contribution in [-0.2, 0) is 0 Å². The predicted molar refractivity (Wildman–Crippen MR) is 113 cm³/mol. The van der Waals surface area contributed by atoms with Crippen LogP contribution in [0.5, 0.6) is 5.75 Å². The zero-order valence-electron chi connectivity index (χ0n) is 16.5. The van der Waals surface area contributed by atoms with Gasteiger partial charge < -0.3 is 4.74 Å². The van der Waals surface area contributed by atoms with Gasteiger partial charge in [-0.05, 0) is 43.0 Å². The summed E-state index contributed by atoms with van der Waals surface area (Å²) < 4.78 is 6.52. The van der Waals surface area contributed by atoms with E-state index in [0.29, 0.717) is 5.56 Å². The number of rotatable bonds is 2. The van der Waals surface area contributed by atoms with Crippen molar-refractivity contribution in [3.05, 3.63) is 101 Å². The van der Waals surface area contributed by atoms with Crippen LogP contribution < -0.4 is 4.74 Å². The highest BCUT2D eigenvalue weighted by Crippen LogP contribution is 2.43. The van der Waals surface area contributed by atoms with E-state index in [-0.39, 0.29) is 11.9 Å². The highest BCUT2D eigenvalue weighted by molar-refractivity contribution is 5.94. The maximum Gasteiger partial charge on any atom is 0.273 e. The molecule has 2 aromatic rings. The fraction of sp³-hybridized carbons (Fsp3) is 0.240. The van der Waals surface area contributed by atoms with Crippen LogP contribution in [0.1, 0.15) is 48.1 Å². The van der Waals surface area contributed by atoms with E-state index in [2.05, 4.69) is 36.2 Å². The van der Waals surface area contributed by atoms with Crippen LogP contribution in [-0.4, -0.2) is 22.5 Å². The van der Waals surface area contributed by atoms with Gasteiger partial charge in [0.1, 0.15) is 5.75 Å². The Morgan fingerprint density at radius 3 is 2.72 bits per heavy atom. The SMILES string of the molecule is CCC1c2ccccc2OC2=C3CC=CC=C3CCN2N1C(=O)c1ccccc1. The lowest BCUT2D eigenvalue weighted by atomic mass is 9.93. The van der Waals surface area contributed by atoms with Gasteiger partial charge in [0, 0.05) is 23.2 Å². The van der Waals surface area contributed by atoms with Gasteiger partial charge in [-0.3, -0.25) is 9.80 Å². The fourth-order valence-corrected chi connectivity index (χ4v) is 4.47. The normalized spacial score (nSPS) is 20.2. The van der Waals surface area contributed by atoms with Crippen LogP contribution in [0.4, 0.5) is 0 Å². The molecule has 0 aromatic heterocycles. The molecule has 2 heterocycles. The van der Waals surface area contributed by atoms with Crippen molar-refractivity contribution in [1.29, 1.82) is 0 Å². The lowest BCUT2D eigenvalue weighted by Crippen LogP contribution is -2.49. The number of ether oxygens (including phenoxy) is 1. The molecule has 3 aliphatic rings. The number of carbonyl (C=O) groups is 1. The number of hydrazine groups is 1. The maximum atomic E-state index is 13.7. The molecule has 2 aliphatic heterocycles. The molecule has 0 N–H and O–H groups in total. The van der Waals surface area contributed by atoms with Gasteiger partial charge in [0.2, 0.25) is 5.88 Å². The summed E-state index contributed by atoms with van der Waals surface area (Å²) in [5.41, 5.74) is 4.23. The topological polar surface area (TPSA) is 32.8 Å². The van der Waals surface area contributed by atoms with Gasteiger partial charge in [0.25, 0.3) is 5.91 Å². The fourth-order valence-electron chi connectivity index (χ4n) is 4.47. The molecule has 0 saturated carbocycles. The van der Waals surface area contributed by atoms with Gasteiger partial charge in [-0.1, -0.05) is 61.5 Å². The molecule has 29 heavy (non-hydrogen) atoms. The van der Waals surface area contributed by atoms with Gasteiger partial charge in [-0.25, -0.2) is 5.01 Å². The molecule has 2 aromatic carbocycles. The predicted octanol–water partition coefficient (Wildman–Crippen LogP) is 5.39. The van der Waals surface area contributed by atoms with Crippen LogP contribution in [0.15, 0.2) is 89.9 Å². The van der Waals surface area contributed by atoms with Gasteiger partial charge in [0.05, 0.1) is 6.04 Å². The maximum absolute atomic E-state index is 13.7. The van der Waals surface area contributed by atoms with Crippen LogP contribution in [0.25, 0.3) is 0 Å². The molecule has 0 spiro atoms. The van der Waals surface area contributed by atoms with Crippen LogP contribution >= 0.6 is 0 Å². The number of nitrogens with zero attached hydrogens (tertiary/aromatic N) is 2. The molecule has 5 rings (SSSR count). The van der Waals surface area contributed by atoms with E-state index < -0.39 is 0 Å². The highest BCUT2D eigenvalue weighted by Gasteiger charge is 2.40. The van der Waals surface area contributed by atoms with E-state index in [1.165, 1.54) is 11.1 Å². The Morgan fingerprint density at radius 1 is 1.10 bits per heavy atom. The van der Waals surface area contributed by atoms with Crippen molar-refractivity contribution in [3.63, 3.8) is 0 Å². The number of allylic oxidation sites excluding steroid dienone is 4. The summed E-state index contributed by atoms with van der Waals surface area (Å²) in [5, 5.41) is 4.01. The number of para-hydroxylation sites is 1. The second-order valence-corrected chi connectivity index (χ2v) is 7.56. The van der Waals surface area contributed by atoms with E-state index in [9.17, 15) is 4.79 Å². The Labute approximate surface area is 171 Å². The summed E-state index contributed by atoms with van der Waals surface area (Å²) in [6.07, 6.45) is 8.96. The molecular weight excluding hydrogens is 360 g/mol. The summed E-state index contributed by atoms with van der Waals surface area (Å²) in [5.74, 6) is 1.64. The first-order valence-electron chi connectivity index (χ1n) is 10.3. The number of fused-ring (bicyclic) bond motifs is 3. The number of hydrogen-bond acceptors (Lipinski definition) is 3. The minimum Gasteiger partial charge on any atom is -0.439 e. The minimum absolute atomic E-state index is 0.00892. The average Bonchev–Trinajstić information content (AvgIpc) is 2.93. The Bertz CT molecular complexity index is 1040. The lowest BCUT2D eigenvalue weighted by molar-refractivity contribution is -0.0345. The first-order chi connectivity index (χ1) is 14.3. The van der Waals surface area contributed by atoms with Crippen molar-refractivity contribution in [2.75, 3.05) is 6.54 Å². The number of carbonyl (C=O) groups excluding carboxylic acids is 1. The highest BCUT2D eigenvalue weighted by atomic mass is 16.5. The molecule has 1 atom stereocenters. The number of amides is 1. The van der Waals surface area contributed by atoms with Gasteiger partial charge >= 0.3 is 0 Å². The minimum atomic E-state index is -0.0818. The third-order valence-electron chi connectivity index (χ3n) is 5.88. The van der Waals surface area contributed by atoms with Gasteiger partial charge in [0.15, 0.2) is 0 Å². The molecule has 0 saturated heterocycles. The Hall–Kier alpha value is -3.27. The smallest absolute Gasteiger partial charge is 0.273 e. The molecule has 0 bridgehead atoms. The standard InChI is InChI=1S/C25H24N2O2/c1-2-22-21-14-8-9-15-23(21)29-25-20-13-7-6-10-18(20)16-17-26(25)27(22)24(28)19-11-4-3-5-12-19/h3-12,14-15,22H,2,13,16-17H2,1H3. The first kappa shape index (κ1) is 17.8. The van der Waals surface area contributed by atoms with Crippen LogP contribution in [0, 0.1) is 0 Å². The third-order valence-corrected chi connectivity index (χ3v) is 5.88. The van der Waals surface area contributed by atoms with Gasteiger partial charge in [-0.15, -0.1) is 0 Å². The van der Waals surface area contributed by atoms with Crippen molar-refractivity contribution in [2.24, 2.45) is 0 Å². The Kier molecular flexibility index (Phi) is 4.47. The molecule has 1 amide bonds. The molecule has 146 valence electrons. The Morgan fingerprint density at radius 2 is 1.90 bits per heavy atom. The summed E-state index contributed by atoms with van der Waals surface area (Å²) >= 11 is 0. The lowest BCUT2D eigenvalue weighted by Gasteiger charge is -2.42. The van der Waals surface area contributed by atoms with Crippen molar-refractivity contribution >= 4 is 5.91 Å². The second kappa shape index (κ2) is 7.28. The largest absolute Gasteiger partial charge is 0.439 e. The van der Waals surface area contributed by atoms with E-state index in [4.69, 9.17) is 4.74 Å². The average molecular weight is 384 g/mol. The zero-order valence-corrected chi connectivity index (χ0v) is 16.5. The van der Waals surface area contributed by atoms with E-state index >= 15 is 0 Å². The summed E-state index contributed by atoms with van der Waals surface area (Å²) in [6, 6.07) is 17.6. The van der Waals surface area contributed by atoms with Crippen molar-refractivity contribution in [2.45, 2.75) is 32.2 Å². The van der Waals surface area contributed by atoms with Crippen LogP contribution in [0.2, 0.25) is 0 Å². The van der Waals surface area contributed by atoms with Crippen molar-refractivity contribution in [3.8, 4) is 5.75 Å². The number of hydrogen-bond donors (Lipinski definition) is 0. The number of benzene rings is 2. The molecule has 0 radical (unpaired) electrons. The van der Waals surface area contributed by atoms with E-state index in [1.807, 2.05) is 53.5 Å². The molecule has 1 aliphatic carbocycles. The summed E-state index contributed by atoms with van der Waals surface area (Å²) in [7, 11) is 0. The van der Waals surface area contributed by atoms with Crippen molar-refractivity contribution < 1.29 is 9.53 Å². The monoisotopic (exact) mass is 384 g/mol. The molecular formula is C25H24N2O2. The van der Waals surface area contributed by atoms with Gasteiger partial charge in [-0.2, -0.15) is 0 Å². The third kappa shape index (κ3) is 2.96. The van der Waals surface area contributed by atoms with E-state index in [1.54, 1.807) is 0 Å². The van der Waals surface area contributed by atoms with Crippen molar-refractivity contribution in [1.82, 2.24) is 10.0 Å². The van der Waals surface area contributed by atoms with Crippen LogP contribution in [0.3, 0.4) is 0 Å².